The fourth-order valence-electron chi connectivity index (χ4n) is 4.24. The van der Waals surface area contributed by atoms with Crippen LogP contribution in [0.1, 0.15) is 18.9 Å². The molecule has 2 heterocycles. The summed E-state index contributed by atoms with van der Waals surface area (Å²) in [6.07, 6.45) is 0.268. The van der Waals surface area contributed by atoms with Gasteiger partial charge in [-0.3, -0.25) is 14.5 Å². The summed E-state index contributed by atoms with van der Waals surface area (Å²) in [5, 5.41) is 2.70. The molecule has 2 aromatic rings. The van der Waals surface area contributed by atoms with Crippen molar-refractivity contribution in [3.05, 3.63) is 65.7 Å². The number of hydrogen-bond acceptors (Lipinski definition) is 4. The van der Waals surface area contributed by atoms with E-state index in [0.717, 1.165) is 10.6 Å². The van der Waals surface area contributed by atoms with E-state index in [4.69, 9.17) is 0 Å². The zero-order valence-corrected chi connectivity index (χ0v) is 17.7. The van der Waals surface area contributed by atoms with Crippen LogP contribution in [-0.2, 0) is 15.1 Å². The third-order valence-corrected chi connectivity index (χ3v) is 6.16. The second-order valence-electron chi connectivity index (χ2n) is 7.93. The van der Waals surface area contributed by atoms with E-state index >= 15 is 0 Å². The second-order valence-corrected chi connectivity index (χ2v) is 7.93. The van der Waals surface area contributed by atoms with Crippen molar-refractivity contribution in [2.24, 2.45) is 0 Å². The van der Waals surface area contributed by atoms with Gasteiger partial charge in [0.25, 0.3) is 5.91 Å². The van der Waals surface area contributed by atoms with E-state index in [1.165, 1.54) is 36.4 Å². The lowest BCUT2D eigenvalue weighted by atomic mass is 9.87. The average molecular weight is 442 g/mol. The molecular formula is C23H24F2N4O3. The van der Waals surface area contributed by atoms with Gasteiger partial charge in [0.1, 0.15) is 23.7 Å². The van der Waals surface area contributed by atoms with Gasteiger partial charge in [-0.15, -0.1) is 0 Å². The molecule has 0 aromatic heterocycles. The van der Waals surface area contributed by atoms with Crippen molar-refractivity contribution in [1.82, 2.24) is 15.1 Å². The van der Waals surface area contributed by atoms with Gasteiger partial charge in [-0.2, -0.15) is 0 Å². The first-order valence-corrected chi connectivity index (χ1v) is 10.5. The lowest BCUT2D eigenvalue weighted by Crippen LogP contribution is -2.52. The minimum Gasteiger partial charge on any atom is -0.368 e. The number of carbonyl (C=O) groups excluding carboxylic acids is 3. The molecule has 4 amide bonds. The van der Waals surface area contributed by atoms with Crippen LogP contribution in [0.15, 0.2) is 48.5 Å². The Kier molecular flexibility index (Phi) is 5.82. The number of anilines is 1. The molecule has 2 aromatic carbocycles. The molecule has 32 heavy (non-hydrogen) atoms. The van der Waals surface area contributed by atoms with Crippen molar-refractivity contribution in [2.75, 3.05) is 37.6 Å². The molecule has 0 unspecified atom stereocenters. The maximum Gasteiger partial charge on any atom is 0.325 e. The summed E-state index contributed by atoms with van der Waals surface area (Å²) in [4.78, 5) is 43.2. The number of piperazine rings is 1. The van der Waals surface area contributed by atoms with Crippen molar-refractivity contribution < 1.29 is 23.2 Å². The molecular weight excluding hydrogens is 418 g/mol. The Bertz CT molecular complexity index is 1020. The molecule has 0 bridgehead atoms. The van der Waals surface area contributed by atoms with Gasteiger partial charge in [0.05, 0.1) is 0 Å². The van der Waals surface area contributed by atoms with Crippen molar-refractivity contribution in [3.63, 3.8) is 0 Å². The lowest BCUT2D eigenvalue weighted by Gasteiger charge is -2.36. The Hall–Kier alpha value is -3.49. The molecule has 0 spiro atoms. The molecule has 0 aliphatic carbocycles. The SMILES string of the molecule is CC[C@@]1(c2ccc(F)cc2)NC(=O)N(CC(=O)N2CCN(c3ccc(F)cc3)CC2)C1=O. The Morgan fingerprint density at radius 2 is 1.50 bits per heavy atom. The summed E-state index contributed by atoms with van der Waals surface area (Å²) in [5.74, 6) is -1.59. The van der Waals surface area contributed by atoms with E-state index in [9.17, 15) is 23.2 Å². The molecule has 2 saturated heterocycles. The quantitative estimate of drug-likeness (QED) is 0.723. The van der Waals surface area contributed by atoms with Gasteiger partial charge in [0, 0.05) is 31.9 Å². The highest BCUT2D eigenvalue weighted by Gasteiger charge is 2.51. The first-order valence-electron chi connectivity index (χ1n) is 10.5. The molecule has 168 valence electrons. The number of rotatable bonds is 5. The number of hydrogen-bond donors (Lipinski definition) is 1. The summed E-state index contributed by atoms with van der Waals surface area (Å²) < 4.78 is 26.5. The number of amides is 4. The monoisotopic (exact) mass is 442 g/mol. The normalized spacial score (nSPS) is 21.2. The van der Waals surface area contributed by atoms with Gasteiger partial charge in [0.15, 0.2) is 0 Å². The van der Waals surface area contributed by atoms with Gasteiger partial charge in [-0.1, -0.05) is 19.1 Å². The molecule has 9 heteroatoms. The Morgan fingerprint density at radius 1 is 0.938 bits per heavy atom. The molecule has 0 saturated carbocycles. The Labute approximate surface area is 184 Å². The first kappa shape index (κ1) is 21.7. The predicted molar refractivity (Wildman–Crippen MR) is 114 cm³/mol. The average Bonchev–Trinajstić information content (AvgIpc) is 3.05. The first-order chi connectivity index (χ1) is 15.3. The summed E-state index contributed by atoms with van der Waals surface area (Å²) in [6, 6.07) is 10.9. The van der Waals surface area contributed by atoms with Gasteiger partial charge < -0.3 is 15.1 Å². The molecule has 2 fully saturated rings. The minimum atomic E-state index is -1.31. The number of urea groups is 1. The number of nitrogens with zero attached hydrogens (tertiary/aromatic N) is 3. The summed E-state index contributed by atoms with van der Waals surface area (Å²) in [6.45, 7) is 3.37. The van der Waals surface area contributed by atoms with Crippen LogP contribution in [0.3, 0.4) is 0 Å². The zero-order valence-electron chi connectivity index (χ0n) is 17.7. The van der Waals surface area contributed by atoms with E-state index in [1.54, 1.807) is 24.0 Å². The van der Waals surface area contributed by atoms with Crippen molar-refractivity contribution in [1.29, 1.82) is 0 Å². The smallest absolute Gasteiger partial charge is 0.325 e. The van der Waals surface area contributed by atoms with Gasteiger partial charge >= 0.3 is 6.03 Å². The van der Waals surface area contributed by atoms with Crippen LogP contribution in [-0.4, -0.2) is 60.4 Å². The summed E-state index contributed by atoms with van der Waals surface area (Å²) >= 11 is 0. The van der Waals surface area contributed by atoms with Gasteiger partial charge in [0.2, 0.25) is 5.91 Å². The Balaban J connectivity index is 1.41. The third-order valence-electron chi connectivity index (χ3n) is 6.16. The molecule has 2 aliphatic rings. The highest BCUT2D eigenvalue weighted by atomic mass is 19.1. The van der Waals surface area contributed by atoms with Crippen molar-refractivity contribution >= 4 is 23.5 Å². The van der Waals surface area contributed by atoms with Crippen LogP contribution in [0.2, 0.25) is 0 Å². The standard InChI is InChI=1S/C23H24F2N4O3/c1-2-23(16-3-5-17(24)6-4-16)21(31)29(22(32)26-23)15-20(30)28-13-11-27(12-14-28)19-9-7-18(25)8-10-19/h3-10H,2,11-15H2,1H3,(H,26,32)/t23-/m0/s1. The molecule has 4 rings (SSSR count). The van der Waals surface area contributed by atoms with Crippen LogP contribution < -0.4 is 10.2 Å². The van der Waals surface area contributed by atoms with E-state index in [2.05, 4.69) is 5.32 Å². The lowest BCUT2D eigenvalue weighted by molar-refractivity contribution is -0.139. The maximum atomic E-state index is 13.3. The highest BCUT2D eigenvalue weighted by molar-refractivity contribution is 6.09. The van der Waals surface area contributed by atoms with Crippen LogP contribution in [0.5, 0.6) is 0 Å². The molecule has 1 atom stereocenters. The minimum absolute atomic E-state index is 0.268. The van der Waals surface area contributed by atoms with E-state index in [1.807, 2.05) is 4.90 Å². The summed E-state index contributed by atoms with van der Waals surface area (Å²) in [7, 11) is 0. The van der Waals surface area contributed by atoms with Crippen molar-refractivity contribution in [3.8, 4) is 0 Å². The van der Waals surface area contributed by atoms with E-state index in [0.29, 0.717) is 31.7 Å². The van der Waals surface area contributed by atoms with Crippen LogP contribution >= 0.6 is 0 Å². The predicted octanol–water partition coefficient (Wildman–Crippen LogP) is 2.47. The topological polar surface area (TPSA) is 73.0 Å². The second kappa shape index (κ2) is 8.57. The molecule has 7 nitrogen and oxygen atoms in total. The number of benzene rings is 2. The highest BCUT2D eigenvalue weighted by Crippen LogP contribution is 2.32. The fourth-order valence-corrected chi connectivity index (χ4v) is 4.24. The zero-order chi connectivity index (χ0) is 22.9. The van der Waals surface area contributed by atoms with Crippen LogP contribution in [0.4, 0.5) is 19.3 Å². The van der Waals surface area contributed by atoms with Crippen LogP contribution in [0, 0.1) is 11.6 Å². The van der Waals surface area contributed by atoms with E-state index in [-0.39, 0.29) is 24.7 Å². The van der Waals surface area contributed by atoms with Crippen LogP contribution in [0.25, 0.3) is 0 Å². The molecule has 2 aliphatic heterocycles. The number of nitrogens with one attached hydrogen (secondary N) is 1. The maximum absolute atomic E-state index is 13.3. The number of carbonyl (C=O) groups is 3. The fraction of sp³-hybridized carbons (Fsp3) is 0.348. The van der Waals surface area contributed by atoms with Crippen molar-refractivity contribution in [2.45, 2.75) is 18.9 Å². The summed E-state index contributed by atoms with van der Waals surface area (Å²) in [5.41, 5.74) is 0.0361. The number of halogens is 2. The van der Waals surface area contributed by atoms with Gasteiger partial charge in [-0.25, -0.2) is 13.6 Å². The van der Waals surface area contributed by atoms with E-state index < -0.39 is 23.3 Å². The third kappa shape index (κ3) is 3.90. The number of imide groups is 1. The largest absolute Gasteiger partial charge is 0.368 e. The molecule has 0 radical (unpaired) electrons. The molecule has 1 N–H and O–H groups in total. The Morgan fingerprint density at radius 3 is 2.06 bits per heavy atom. The van der Waals surface area contributed by atoms with Gasteiger partial charge in [-0.05, 0) is 48.4 Å².